The number of hydrogen-bond acceptors (Lipinski definition) is 4. The van der Waals surface area contributed by atoms with Gasteiger partial charge in [-0.05, 0) is 31.0 Å². The second-order valence-electron chi connectivity index (χ2n) is 4.50. The number of hydrogen-bond donors (Lipinski definition) is 1. The monoisotopic (exact) mass is 264 g/mol. The van der Waals surface area contributed by atoms with Crippen LogP contribution in [0.4, 0.5) is 10.4 Å². The molecule has 4 nitrogen and oxygen atoms in total. The standard InChI is InChI=1S/C14H17FN2O2/c1-4-18-11-6-5-9(7-10(11)15)13-12(8(2)3)17-14(16)19-13/h5-8H,4H2,1-3H3,(H2,16,17). The molecule has 2 aromatic rings. The molecule has 2 rings (SSSR count). The average molecular weight is 264 g/mol. The lowest BCUT2D eigenvalue weighted by Crippen LogP contribution is -1.95. The zero-order valence-corrected chi connectivity index (χ0v) is 11.2. The molecule has 0 aliphatic carbocycles. The molecule has 0 atom stereocenters. The minimum absolute atomic E-state index is 0.0907. The maximum absolute atomic E-state index is 13.8. The van der Waals surface area contributed by atoms with Gasteiger partial charge < -0.3 is 14.9 Å². The number of nitrogen functional groups attached to an aromatic ring is 1. The van der Waals surface area contributed by atoms with E-state index in [1.165, 1.54) is 6.07 Å². The predicted molar refractivity (Wildman–Crippen MR) is 71.6 cm³/mol. The fraction of sp³-hybridized carbons (Fsp3) is 0.357. The van der Waals surface area contributed by atoms with Crippen molar-refractivity contribution < 1.29 is 13.5 Å². The maximum Gasteiger partial charge on any atom is 0.292 e. The number of ether oxygens (including phenoxy) is 1. The fourth-order valence-electron chi connectivity index (χ4n) is 1.86. The van der Waals surface area contributed by atoms with E-state index in [2.05, 4.69) is 4.98 Å². The van der Waals surface area contributed by atoms with E-state index in [0.717, 1.165) is 5.69 Å². The van der Waals surface area contributed by atoms with Crippen molar-refractivity contribution in [3.8, 4) is 17.1 Å². The van der Waals surface area contributed by atoms with Crippen molar-refractivity contribution in [3.63, 3.8) is 0 Å². The van der Waals surface area contributed by atoms with Crippen molar-refractivity contribution in [1.82, 2.24) is 4.98 Å². The Morgan fingerprint density at radius 2 is 2.16 bits per heavy atom. The first kappa shape index (κ1) is 13.4. The molecule has 0 saturated carbocycles. The van der Waals surface area contributed by atoms with Crippen LogP contribution in [0.15, 0.2) is 22.6 Å². The summed E-state index contributed by atoms with van der Waals surface area (Å²) in [6.45, 7) is 6.18. The summed E-state index contributed by atoms with van der Waals surface area (Å²) in [5, 5.41) is 0. The topological polar surface area (TPSA) is 61.3 Å². The van der Waals surface area contributed by atoms with E-state index >= 15 is 0 Å². The smallest absolute Gasteiger partial charge is 0.292 e. The van der Waals surface area contributed by atoms with Crippen molar-refractivity contribution in [2.45, 2.75) is 26.7 Å². The van der Waals surface area contributed by atoms with Crippen molar-refractivity contribution >= 4 is 6.01 Å². The molecule has 0 radical (unpaired) electrons. The number of anilines is 1. The quantitative estimate of drug-likeness (QED) is 0.916. The van der Waals surface area contributed by atoms with Gasteiger partial charge in [0.05, 0.1) is 12.3 Å². The van der Waals surface area contributed by atoms with Crippen molar-refractivity contribution in [2.75, 3.05) is 12.3 Å². The molecule has 19 heavy (non-hydrogen) atoms. The molecular formula is C14H17FN2O2. The minimum Gasteiger partial charge on any atom is -0.491 e. The summed E-state index contributed by atoms with van der Waals surface area (Å²) in [6, 6.07) is 4.78. The van der Waals surface area contributed by atoms with E-state index in [1.807, 2.05) is 13.8 Å². The Hall–Kier alpha value is -2.04. The van der Waals surface area contributed by atoms with E-state index in [-0.39, 0.29) is 17.7 Å². The molecule has 5 heteroatoms. The number of rotatable bonds is 4. The Morgan fingerprint density at radius 1 is 1.42 bits per heavy atom. The summed E-state index contributed by atoms with van der Waals surface area (Å²) < 4.78 is 24.4. The van der Waals surface area contributed by atoms with E-state index in [9.17, 15) is 4.39 Å². The fourth-order valence-corrected chi connectivity index (χ4v) is 1.86. The molecule has 2 N–H and O–H groups in total. The van der Waals surface area contributed by atoms with Gasteiger partial charge in [-0.3, -0.25) is 0 Å². The summed E-state index contributed by atoms with van der Waals surface area (Å²) >= 11 is 0. The van der Waals surface area contributed by atoms with Gasteiger partial charge in [-0.25, -0.2) is 4.39 Å². The molecule has 1 aromatic carbocycles. The molecule has 1 heterocycles. The number of aromatic nitrogens is 1. The first-order valence-corrected chi connectivity index (χ1v) is 6.21. The lowest BCUT2D eigenvalue weighted by molar-refractivity contribution is 0.321. The third kappa shape index (κ3) is 2.70. The lowest BCUT2D eigenvalue weighted by atomic mass is 10.0. The molecule has 0 saturated heterocycles. The molecule has 0 spiro atoms. The van der Waals surface area contributed by atoms with Gasteiger partial charge in [-0.1, -0.05) is 13.8 Å². The van der Waals surface area contributed by atoms with Gasteiger partial charge in [0.15, 0.2) is 17.3 Å². The second-order valence-corrected chi connectivity index (χ2v) is 4.50. The Balaban J connectivity index is 2.45. The molecule has 0 unspecified atom stereocenters. The second kappa shape index (κ2) is 5.30. The highest BCUT2D eigenvalue weighted by Crippen LogP contribution is 2.32. The van der Waals surface area contributed by atoms with Crippen LogP contribution in [0.25, 0.3) is 11.3 Å². The summed E-state index contributed by atoms with van der Waals surface area (Å²) in [7, 11) is 0. The van der Waals surface area contributed by atoms with Gasteiger partial charge in [0.25, 0.3) is 6.01 Å². The predicted octanol–water partition coefficient (Wildman–Crippen LogP) is 3.59. The van der Waals surface area contributed by atoms with Crippen LogP contribution in [0, 0.1) is 5.82 Å². The van der Waals surface area contributed by atoms with Gasteiger partial charge in [0, 0.05) is 5.56 Å². The molecule has 0 aliphatic rings. The SMILES string of the molecule is CCOc1ccc(-c2oc(N)nc2C(C)C)cc1F. The minimum atomic E-state index is -0.427. The highest BCUT2D eigenvalue weighted by molar-refractivity contribution is 5.63. The Labute approximate surface area is 111 Å². The molecule has 0 amide bonds. The van der Waals surface area contributed by atoms with Crippen LogP contribution in [-0.2, 0) is 0 Å². The lowest BCUT2D eigenvalue weighted by Gasteiger charge is -2.07. The zero-order chi connectivity index (χ0) is 14.0. The van der Waals surface area contributed by atoms with Crippen LogP contribution >= 0.6 is 0 Å². The number of nitrogens with zero attached hydrogens (tertiary/aromatic N) is 1. The summed E-state index contributed by atoms with van der Waals surface area (Å²) in [6.07, 6.45) is 0. The normalized spacial score (nSPS) is 11.0. The average Bonchev–Trinajstić information content (AvgIpc) is 2.74. The van der Waals surface area contributed by atoms with Crippen molar-refractivity contribution in [1.29, 1.82) is 0 Å². The third-order valence-electron chi connectivity index (χ3n) is 2.71. The molecule has 0 fully saturated rings. The Bertz CT molecular complexity index is 579. The highest BCUT2D eigenvalue weighted by atomic mass is 19.1. The summed E-state index contributed by atoms with van der Waals surface area (Å²) in [5.74, 6) is 0.453. The van der Waals surface area contributed by atoms with E-state index in [4.69, 9.17) is 14.9 Å². The largest absolute Gasteiger partial charge is 0.491 e. The molecule has 102 valence electrons. The van der Waals surface area contributed by atoms with Gasteiger partial charge in [0.2, 0.25) is 0 Å². The highest BCUT2D eigenvalue weighted by Gasteiger charge is 2.18. The van der Waals surface area contributed by atoms with E-state index in [0.29, 0.717) is 17.9 Å². The molecule has 1 aromatic heterocycles. The summed E-state index contributed by atoms with van der Waals surface area (Å²) in [5.41, 5.74) is 6.90. The van der Waals surface area contributed by atoms with Gasteiger partial charge in [-0.15, -0.1) is 0 Å². The first-order valence-electron chi connectivity index (χ1n) is 6.21. The van der Waals surface area contributed by atoms with Crippen LogP contribution in [0.1, 0.15) is 32.4 Å². The van der Waals surface area contributed by atoms with Crippen LogP contribution in [0.2, 0.25) is 0 Å². The van der Waals surface area contributed by atoms with Crippen LogP contribution in [-0.4, -0.2) is 11.6 Å². The molecule has 0 aliphatic heterocycles. The van der Waals surface area contributed by atoms with Crippen LogP contribution < -0.4 is 10.5 Å². The number of benzene rings is 1. The number of nitrogens with two attached hydrogens (primary N) is 1. The Morgan fingerprint density at radius 3 is 2.74 bits per heavy atom. The summed E-state index contributed by atoms with van der Waals surface area (Å²) in [4.78, 5) is 4.13. The van der Waals surface area contributed by atoms with Crippen molar-refractivity contribution in [2.24, 2.45) is 0 Å². The van der Waals surface area contributed by atoms with E-state index < -0.39 is 5.82 Å². The third-order valence-corrected chi connectivity index (χ3v) is 2.71. The maximum atomic E-state index is 13.8. The number of halogens is 1. The number of oxazole rings is 1. The van der Waals surface area contributed by atoms with Crippen molar-refractivity contribution in [3.05, 3.63) is 29.7 Å². The molecular weight excluding hydrogens is 247 g/mol. The molecule has 0 bridgehead atoms. The van der Waals surface area contributed by atoms with E-state index in [1.54, 1.807) is 19.1 Å². The zero-order valence-electron chi connectivity index (χ0n) is 11.2. The van der Waals surface area contributed by atoms with Gasteiger partial charge in [0.1, 0.15) is 0 Å². The van der Waals surface area contributed by atoms with Crippen LogP contribution in [0.3, 0.4) is 0 Å². The Kier molecular flexibility index (Phi) is 3.74. The van der Waals surface area contributed by atoms with Gasteiger partial charge >= 0.3 is 0 Å². The first-order chi connectivity index (χ1) is 9.02. The van der Waals surface area contributed by atoms with Crippen LogP contribution in [0.5, 0.6) is 5.75 Å². The van der Waals surface area contributed by atoms with Gasteiger partial charge in [-0.2, -0.15) is 4.98 Å².